The zero-order valence-corrected chi connectivity index (χ0v) is 18.3. The Morgan fingerprint density at radius 2 is 1.79 bits per heavy atom. The van der Waals surface area contributed by atoms with Crippen LogP contribution >= 0.6 is 0 Å². The molecule has 3 aliphatic carbocycles. The van der Waals surface area contributed by atoms with Gasteiger partial charge in [-0.2, -0.15) is 0 Å². The van der Waals surface area contributed by atoms with Crippen LogP contribution in [0.15, 0.2) is 23.0 Å². The summed E-state index contributed by atoms with van der Waals surface area (Å²) in [6.07, 6.45) is 11.6. The van der Waals surface area contributed by atoms with Gasteiger partial charge in [0.15, 0.2) is 0 Å². The summed E-state index contributed by atoms with van der Waals surface area (Å²) in [5.74, 6) is 0.891. The number of fused-ring (bicyclic) bond motifs is 3. The predicted octanol–water partition coefficient (Wildman–Crippen LogP) is 5.36. The molecule has 8 unspecified atom stereocenters. The van der Waals surface area contributed by atoms with Gasteiger partial charge in [0.1, 0.15) is 12.6 Å². The van der Waals surface area contributed by atoms with Crippen molar-refractivity contribution in [2.75, 3.05) is 0 Å². The quantitative estimate of drug-likeness (QED) is 0.676. The third-order valence-electron chi connectivity index (χ3n) is 9.75. The van der Waals surface area contributed by atoms with Gasteiger partial charge in [0, 0.05) is 16.4 Å². The third-order valence-corrected chi connectivity index (χ3v) is 9.75. The smallest absolute Gasteiger partial charge is 0.126 e. The summed E-state index contributed by atoms with van der Waals surface area (Å²) >= 11 is 0. The van der Waals surface area contributed by atoms with Crippen LogP contribution in [-0.2, 0) is 9.59 Å². The lowest BCUT2D eigenvalue weighted by molar-refractivity contribution is -0.149. The summed E-state index contributed by atoms with van der Waals surface area (Å²) in [6.45, 7) is 8.99. The number of hydrogen-bond donors (Lipinski definition) is 1. The largest absolute Gasteiger partial charge is 0.472 e. The van der Waals surface area contributed by atoms with Crippen molar-refractivity contribution < 1.29 is 19.1 Å². The van der Waals surface area contributed by atoms with Gasteiger partial charge >= 0.3 is 0 Å². The van der Waals surface area contributed by atoms with E-state index in [2.05, 4.69) is 27.7 Å². The fourth-order valence-electron chi connectivity index (χ4n) is 8.26. The molecule has 1 aromatic rings. The number of aldehydes is 2. The molecule has 0 radical (unpaired) electrons. The SMILES string of the molecule is CC1(C=O)CCCC2(C)C1CCC1(C)C(CC(O)c3ccoc3)C(C)(C=O)CC21. The summed E-state index contributed by atoms with van der Waals surface area (Å²) in [5.41, 5.74) is 0.154. The Hall–Kier alpha value is -1.42. The van der Waals surface area contributed by atoms with E-state index < -0.39 is 11.5 Å². The second kappa shape index (κ2) is 6.80. The number of hydrogen-bond acceptors (Lipinski definition) is 4. The van der Waals surface area contributed by atoms with Crippen molar-refractivity contribution in [1.29, 1.82) is 0 Å². The highest BCUT2D eigenvalue weighted by atomic mass is 16.3. The van der Waals surface area contributed by atoms with Gasteiger partial charge in [-0.1, -0.05) is 34.1 Å². The maximum absolute atomic E-state index is 12.4. The zero-order chi connectivity index (χ0) is 21.1. The van der Waals surface area contributed by atoms with Crippen molar-refractivity contribution in [2.24, 2.45) is 39.4 Å². The maximum atomic E-state index is 12.4. The molecule has 4 nitrogen and oxygen atoms in total. The predicted molar refractivity (Wildman–Crippen MR) is 111 cm³/mol. The molecule has 0 aliphatic heterocycles. The fourth-order valence-corrected chi connectivity index (χ4v) is 8.26. The summed E-state index contributed by atoms with van der Waals surface area (Å²) in [6, 6.07) is 1.81. The van der Waals surface area contributed by atoms with Gasteiger partial charge in [-0.15, -0.1) is 0 Å². The monoisotopic (exact) mass is 400 g/mol. The van der Waals surface area contributed by atoms with Crippen LogP contribution in [0.2, 0.25) is 0 Å². The summed E-state index contributed by atoms with van der Waals surface area (Å²) in [7, 11) is 0. The topological polar surface area (TPSA) is 67.5 Å². The highest BCUT2D eigenvalue weighted by Crippen LogP contribution is 2.73. The van der Waals surface area contributed by atoms with Crippen LogP contribution in [0.1, 0.15) is 84.3 Å². The standard InChI is InChI=1S/C25H36O4/c1-22(15-26)8-5-9-24(3)19(22)6-10-25(4)20(23(2,16-27)13-21(24)25)12-18(28)17-7-11-29-14-17/h7,11,14-16,18-21,28H,5-6,8-10,12-13H2,1-4H3. The molecule has 1 aromatic heterocycles. The molecule has 1 heterocycles. The Bertz CT molecular complexity index is 772. The first-order chi connectivity index (χ1) is 13.6. The molecule has 1 N–H and O–H groups in total. The number of rotatable bonds is 5. The Kier molecular flexibility index (Phi) is 4.88. The van der Waals surface area contributed by atoms with E-state index >= 15 is 0 Å². The first kappa shape index (κ1) is 20.8. The van der Waals surface area contributed by atoms with Crippen LogP contribution in [-0.4, -0.2) is 17.7 Å². The Balaban J connectivity index is 1.71. The van der Waals surface area contributed by atoms with E-state index in [0.29, 0.717) is 18.3 Å². The van der Waals surface area contributed by atoms with Crippen LogP contribution in [0.4, 0.5) is 0 Å². The van der Waals surface area contributed by atoms with Crippen LogP contribution in [0, 0.1) is 39.4 Å². The van der Waals surface area contributed by atoms with Gasteiger partial charge < -0.3 is 19.1 Å². The number of carbonyl (C=O) groups is 2. The molecule has 3 aliphatic rings. The number of carbonyl (C=O) groups excluding carboxylic acids is 2. The van der Waals surface area contributed by atoms with Crippen molar-refractivity contribution in [3.05, 3.63) is 24.2 Å². The van der Waals surface area contributed by atoms with Gasteiger partial charge in [0.2, 0.25) is 0 Å². The lowest BCUT2D eigenvalue weighted by Gasteiger charge is -2.61. The van der Waals surface area contributed by atoms with Gasteiger partial charge in [-0.05, 0) is 73.2 Å². The highest BCUT2D eigenvalue weighted by molar-refractivity contribution is 5.62. The fraction of sp³-hybridized carbons (Fsp3) is 0.760. The molecule has 4 rings (SSSR count). The second-order valence-corrected chi connectivity index (χ2v) is 11.3. The van der Waals surface area contributed by atoms with Crippen LogP contribution in [0.3, 0.4) is 0 Å². The molecular formula is C25H36O4. The molecule has 160 valence electrons. The van der Waals surface area contributed by atoms with E-state index in [1.807, 2.05) is 6.07 Å². The van der Waals surface area contributed by atoms with E-state index in [9.17, 15) is 14.7 Å². The lowest BCUT2D eigenvalue weighted by atomic mass is 9.43. The molecule has 3 fully saturated rings. The molecule has 3 saturated carbocycles. The minimum atomic E-state index is -0.620. The van der Waals surface area contributed by atoms with Gasteiger partial charge in [-0.3, -0.25) is 0 Å². The molecule has 8 atom stereocenters. The molecule has 0 bridgehead atoms. The van der Waals surface area contributed by atoms with Gasteiger partial charge in [-0.25, -0.2) is 0 Å². The minimum absolute atomic E-state index is 0.00718. The Labute approximate surface area is 174 Å². The number of aliphatic hydroxyl groups is 1. The highest BCUT2D eigenvalue weighted by Gasteiger charge is 2.67. The first-order valence-electron chi connectivity index (χ1n) is 11.3. The van der Waals surface area contributed by atoms with E-state index in [4.69, 9.17) is 4.42 Å². The van der Waals surface area contributed by atoms with Crippen molar-refractivity contribution in [2.45, 2.75) is 78.7 Å². The summed E-state index contributed by atoms with van der Waals surface area (Å²) < 4.78 is 5.17. The van der Waals surface area contributed by atoms with Crippen molar-refractivity contribution in [3.8, 4) is 0 Å². The minimum Gasteiger partial charge on any atom is -0.472 e. The van der Waals surface area contributed by atoms with E-state index in [1.54, 1.807) is 12.5 Å². The van der Waals surface area contributed by atoms with Gasteiger partial charge in [0.05, 0.1) is 18.6 Å². The van der Waals surface area contributed by atoms with Crippen molar-refractivity contribution in [1.82, 2.24) is 0 Å². The van der Waals surface area contributed by atoms with Crippen LogP contribution in [0.25, 0.3) is 0 Å². The molecule has 4 heteroatoms. The normalized spacial score (nSPS) is 47.8. The maximum Gasteiger partial charge on any atom is 0.126 e. The average molecular weight is 401 g/mol. The molecular weight excluding hydrogens is 364 g/mol. The Morgan fingerprint density at radius 3 is 2.41 bits per heavy atom. The average Bonchev–Trinajstić information content (AvgIpc) is 3.30. The zero-order valence-electron chi connectivity index (χ0n) is 18.3. The Morgan fingerprint density at radius 1 is 1.07 bits per heavy atom. The lowest BCUT2D eigenvalue weighted by Crippen LogP contribution is -2.55. The molecule has 29 heavy (non-hydrogen) atoms. The number of furan rings is 1. The van der Waals surface area contributed by atoms with E-state index in [-0.39, 0.29) is 22.2 Å². The second-order valence-electron chi connectivity index (χ2n) is 11.3. The molecule has 0 amide bonds. The number of aliphatic hydroxyl groups excluding tert-OH is 1. The van der Waals surface area contributed by atoms with E-state index in [0.717, 1.165) is 50.4 Å². The molecule has 0 saturated heterocycles. The third kappa shape index (κ3) is 2.89. The van der Waals surface area contributed by atoms with Crippen molar-refractivity contribution >= 4 is 12.6 Å². The summed E-state index contributed by atoms with van der Waals surface area (Å²) in [5, 5.41) is 10.9. The van der Waals surface area contributed by atoms with Crippen LogP contribution in [0.5, 0.6) is 0 Å². The van der Waals surface area contributed by atoms with Gasteiger partial charge in [0.25, 0.3) is 0 Å². The molecule has 0 spiro atoms. The van der Waals surface area contributed by atoms with E-state index in [1.165, 1.54) is 6.29 Å². The van der Waals surface area contributed by atoms with Crippen molar-refractivity contribution in [3.63, 3.8) is 0 Å². The molecule has 0 aromatic carbocycles. The first-order valence-corrected chi connectivity index (χ1v) is 11.3. The van der Waals surface area contributed by atoms with Crippen LogP contribution < -0.4 is 0 Å². The summed E-state index contributed by atoms with van der Waals surface area (Å²) in [4.78, 5) is 24.5.